The Hall–Kier alpha value is -1.60. The van der Waals surface area contributed by atoms with Crippen molar-refractivity contribution in [1.82, 2.24) is 4.72 Å². The number of sulfonamides is 1. The molecule has 23 heavy (non-hydrogen) atoms. The highest BCUT2D eigenvalue weighted by Crippen LogP contribution is 2.13. The Balaban J connectivity index is 2.22. The summed E-state index contributed by atoms with van der Waals surface area (Å²) in [7, 11) is -3.26. The number of amides is 1. The monoisotopic (exact) mass is 341 g/mol. The van der Waals surface area contributed by atoms with Gasteiger partial charge in [0.2, 0.25) is 15.9 Å². The molecule has 0 heterocycles. The van der Waals surface area contributed by atoms with E-state index in [4.69, 9.17) is 5.73 Å². The molecular formula is C16H27N3O3S. The SMILES string of the molecule is CC(C)(C)S(=O)(=O)NCCCCCNc1cccc(C(N)=O)c1. The Morgan fingerprint density at radius 2 is 1.78 bits per heavy atom. The molecule has 0 aliphatic rings. The van der Waals surface area contributed by atoms with Crippen molar-refractivity contribution < 1.29 is 13.2 Å². The topological polar surface area (TPSA) is 101 Å². The van der Waals surface area contributed by atoms with Crippen LogP contribution in [0.2, 0.25) is 0 Å². The summed E-state index contributed by atoms with van der Waals surface area (Å²) in [6.45, 7) is 6.25. The van der Waals surface area contributed by atoms with Crippen molar-refractivity contribution >= 4 is 21.6 Å². The van der Waals surface area contributed by atoms with E-state index in [1.165, 1.54) is 0 Å². The highest BCUT2D eigenvalue weighted by Gasteiger charge is 2.27. The number of unbranched alkanes of at least 4 members (excludes halogenated alkanes) is 2. The van der Waals surface area contributed by atoms with Crippen molar-refractivity contribution in [1.29, 1.82) is 0 Å². The molecule has 0 saturated heterocycles. The number of benzene rings is 1. The van der Waals surface area contributed by atoms with E-state index in [-0.39, 0.29) is 0 Å². The lowest BCUT2D eigenvalue weighted by Crippen LogP contribution is -2.39. The van der Waals surface area contributed by atoms with Crippen LogP contribution in [0.15, 0.2) is 24.3 Å². The van der Waals surface area contributed by atoms with Gasteiger partial charge < -0.3 is 11.1 Å². The summed E-state index contributed by atoms with van der Waals surface area (Å²) in [4.78, 5) is 11.1. The van der Waals surface area contributed by atoms with Crippen molar-refractivity contribution in [2.75, 3.05) is 18.4 Å². The zero-order valence-corrected chi connectivity index (χ0v) is 14.9. The van der Waals surface area contributed by atoms with Crippen LogP contribution in [0, 0.1) is 0 Å². The van der Waals surface area contributed by atoms with Gasteiger partial charge in [-0.25, -0.2) is 13.1 Å². The normalized spacial score (nSPS) is 12.1. The second-order valence-electron chi connectivity index (χ2n) is 6.44. The molecule has 0 spiro atoms. The number of primary amides is 1. The van der Waals surface area contributed by atoms with E-state index in [1.54, 1.807) is 39.0 Å². The van der Waals surface area contributed by atoms with Gasteiger partial charge in [-0.05, 0) is 51.8 Å². The van der Waals surface area contributed by atoms with E-state index in [0.717, 1.165) is 31.5 Å². The molecule has 0 aliphatic carbocycles. The summed E-state index contributed by atoms with van der Waals surface area (Å²) in [5, 5.41) is 3.22. The molecule has 0 fully saturated rings. The number of hydrogen-bond donors (Lipinski definition) is 3. The van der Waals surface area contributed by atoms with Crippen molar-refractivity contribution in [2.45, 2.75) is 44.8 Å². The predicted octanol–water partition coefficient (Wildman–Crippen LogP) is 2.09. The van der Waals surface area contributed by atoms with Crippen LogP contribution in [-0.2, 0) is 10.0 Å². The smallest absolute Gasteiger partial charge is 0.248 e. The maximum atomic E-state index is 11.9. The van der Waals surface area contributed by atoms with Gasteiger partial charge in [0.05, 0.1) is 4.75 Å². The van der Waals surface area contributed by atoms with Crippen molar-refractivity contribution in [3.8, 4) is 0 Å². The second-order valence-corrected chi connectivity index (χ2v) is 8.96. The van der Waals surface area contributed by atoms with Crippen LogP contribution in [0.25, 0.3) is 0 Å². The van der Waals surface area contributed by atoms with Gasteiger partial charge in [-0.2, -0.15) is 0 Å². The molecule has 7 heteroatoms. The maximum Gasteiger partial charge on any atom is 0.248 e. The number of anilines is 1. The van der Waals surface area contributed by atoms with E-state index in [9.17, 15) is 13.2 Å². The lowest BCUT2D eigenvalue weighted by molar-refractivity contribution is 0.100. The molecular weight excluding hydrogens is 314 g/mol. The summed E-state index contributed by atoms with van der Waals surface area (Å²) in [6.07, 6.45) is 2.62. The summed E-state index contributed by atoms with van der Waals surface area (Å²) in [5.41, 5.74) is 6.57. The molecule has 0 aliphatic heterocycles. The minimum absolute atomic E-state index is 0.445. The minimum atomic E-state index is -3.26. The van der Waals surface area contributed by atoms with Gasteiger partial charge in [0.15, 0.2) is 0 Å². The molecule has 4 N–H and O–H groups in total. The molecule has 0 atom stereocenters. The first-order chi connectivity index (χ1) is 10.6. The van der Waals surface area contributed by atoms with Crippen LogP contribution < -0.4 is 15.8 Å². The van der Waals surface area contributed by atoms with Crippen LogP contribution >= 0.6 is 0 Å². The molecule has 0 saturated carbocycles. The number of hydrogen-bond acceptors (Lipinski definition) is 4. The Morgan fingerprint density at radius 3 is 2.39 bits per heavy atom. The van der Waals surface area contributed by atoms with Crippen molar-refractivity contribution in [3.63, 3.8) is 0 Å². The van der Waals surface area contributed by atoms with E-state index in [2.05, 4.69) is 10.0 Å². The highest BCUT2D eigenvalue weighted by molar-refractivity contribution is 7.90. The van der Waals surface area contributed by atoms with E-state index >= 15 is 0 Å². The highest BCUT2D eigenvalue weighted by atomic mass is 32.2. The number of nitrogens with two attached hydrogens (primary N) is 1. The number of carbonyl (C=O) groups is 1. The van der Waals surface area contributed by atoms with Crippen LogP contribution in [-0.4, -0.2) is 32.2 Å². The molecule has 130 valence electrons. The molecule has 1 aromatic rings. The largest absolute Gasteiger partial charge is 0.385 e. The van der Waals surface area contributed by atoms with Crippen molar-refractivity contribution in [3.05, 3.63) is 29.8 Å². The first-order valence-electron chi connectivity index (χ1n) is 7.76. The van der Waals surface area contributed by atoms with Crippen LogP contribution in [0.4, 0.5) is 5.69 Å². The lowest BCUT2D eigenvalue weighted by Gasteiger charge is -2.19. The zero-order chi connectivity index (χ0) is 17.5. The fraction of sp³-hybridized carbons (Fsp3) is 0.562. The van der Waals surface area contributed by atoms with Gasteiger partial charge in [0.1, 0.15) is 0 Å². The van der Waals surface area contributed by atoms with Gasteiger partial charge in [-0.1, -0.05) is 12.5 Å². The van der Waals surface area contributed by atoms with E-state index in [1.807, 2.05) is 6.07 Å². The Bertz CT molecular complexity index is 622. The maximum absolute atomic E-state index is 11.9. The fourth-order valence-corrected chi connectivity index (χ4v) is 2.71. The third kappa shape index (κ3) is 6.58. The molecule has 1 aromatic carbocycles. The number of nitrogens with one attached hydrogen (secondary N) is 2. The van der Waals surface area contributed by atoms with Gasteiger partial charge in [-0.15, -0.1) is 0 Å². The molecule has 6 nitrogen and oxygen atoms in total. The third-order valence-electron chi connectivity index (χ3n) is 3.43. The summed E-state index contributed by atoms with van der Waals surface area (Å²) in [6, 6.07) is 7.06. The molecule has 0 unspecified atom stereocenters. The average molecular weight is 341 g/mol. The van der Waals surface area contributed by atoms with Gasteiger partial charge in [0.25, 0.3) is 0 Å². The van der Waals surface area contributed by atoms with Gasteiger partial charge >= 0.3 is 0 Å². The molecule has 0 bridgehead atoms. The molecule has 1 amide bonds. The standard InChI is InChI=1S/C16H27N3O3S/c1-16(2,3)23(21,22)19-11-6-4-5-10-18-14-9-7-8-13(12-14)15(17)20/h7-9,12,18-19H,4-6,10-11H2,1-3H3,(H2,17,20). The minimum Gasteiger partial charge on any atom is -0.385 e. The lowest BCUT2D eigenvalue weighted by atomic mass is 10.2. The van der Waals surface area contributed by atoms with Gasteiger partial charge in [0, 0.05) is 24.3 Å². The van der Waals surface area contributed by atoms with Crippen LogP contribution in [0.5, 0.6) is 0 Å². The quantitative estimate of drug-likeness (QED) is 0.599. The third-order valence-corrected chi connectivity index (χ3v) is 5.62. The zero-order valence-electron chi connectivity index (χ0n) is 14.1. The number of carbonyl (C=O) groups excluding carboxylic acids is 1. The average Bonchev–Trinajstić information content (AvgIpc) is 2.45. The van der Waals surface area contributed by atoms with E-state index in [0.29, 0.717) is 12.1 Å². The summed E-state index contributed by atoms with van der Waals surface area (Å²) < 4.78 is 25.6. The Kier molecular flexibility index (Phi) is 7.02. The molecule has 0 aromatic heterocycles. The van der Waals surface area contributed by atoms with Gasteiger partial charge in [-0.3, -0.25) is 4.79 Å². The Labute approximate surface area is 138 Å². The van der Waals surface area contributed by atoms with Crippen LogP contribution in [0.1, 0.15) is 50.4 Å². The predicted molar refractivity (Wildman–Crippen MR) is 94.0 cm³/mol. The first kappa shape index (κ1) is 19.4. The molecule has 0 radical (unpaired) electrons. The molecule has 1 rings (SSSR count). The second kappa shape index (κ2) is 8.31. The van der Waals surface area contributed by atoms with Crippen LogP contribution in [0.3, 0.4) is 0 Å². The summed E-state index contributed by atoms with van der Waals surface area (Å²) >= 11 is 0. The van der Waals surface area contributed by atoms with E-state index < -0.39 is 20.7 Å². The Morgan fingerprint density at radius 1 is 1.13 bits per heavy atom. The van der Waals surface area contributed by atoms with Crippen molar-refractivity contribution in [2.24, 2.45) is 5.73 Å². The number of rotatable bonds is 9. The fourth-order valence-electron chi connectivity index (χ4n) is 1.86. The summed E-state index contributed by atoms with van der Waals surface area (Å²) in [5.74, 6) is -0.445. The first-order valence-corrected chi connectivity index (χ1v) is 9.25.